The summed E-state index contributed by atoms with van der Waals surface area (Å²) in [6.07, 6.45) is -5.83. The van der Waals surface area contributed by atoms with E-state index in [4.69, 9.17) is 4.74 Å². The molecule has 0 amide bonds. The summed E-state index contributed by atoms with van der Waals surface area (Å²) in [6.45, 7) is 2.33. The van der Waals surface area contributed by atoms with Gasteiger partial charge >= 0.3 is 6.18 Å². The van der Waals surface area contributed by atoms with Crippen molar-refractivity contribution in [2.75, 3.05) is 6.61 Å². The van der Waals surface area contributed by atoms with E-state index >= 15 is 0 Å². The number of ether oxygens (including phenoxy) is 1. The summed E-state index contributed by atoms with van der Waals surface area (Å²) in [4.78, 5) is 0. The lowest BCUT2D eigenvalue weighted by molar-refractivity contribution is -0.139. The fourth-order valence-corrected chi connectivity index (χ4v) is 2.09. The topological polar surface area (TPSA) is 29.5 Å². The number of hydrogen-bond donors (Lipinski definition) is 1. The molecule has 0 saturated carbocycles. The van der Waals surface area contributed by atoms with Crippen LogP contribution in [0.3, 0.4) is 0 Å². The molecule has 2 rings (SSSR count). The predicted molar refractivity (Wildman–Crippen MR) is 73.1 cm³/mol. The van der Waals surface area contributed by atoms with Gasteiger partial charge in [0.25, 0.3) is 0 Å². The second-order valence-corrected chi connectivity index (χ2v) is 4.49. The van der Waals surface area contributed by atoms with Crippen LogP contribution in [0.1, 0.15) is 29.7 Å². The second-order valence-electron chi connectivity index (χ2n) is 4.49. The zero-order valence-corrected chi connectivity index (χ0v) is 11.4. The van der Waals surface area contributed by atoms with Gasteiger partial charge in [-0.1, -0.05) is 30.3 Å². The maximum absolute atomic E-state index is 13.0. The molecular formula is C16H15F3O2. The molecule has 21 heavy (non-hydrogen) atoms. The minimum atomic E-state index is -4.50. The SMILES string of the molecule is CCOc1ccc(C(O)c2ccccc2C(F)(F)F)cc1. The average molecular weight is 296 g/mol. The summed E-state index contributed by atoms with van der Waals surface area (Å²) in [6, 6.07) is 11.4. The molecule has 0 aromatic heterocycles. The Morgan fingerprint density at radius 2 is 1.67 bits per heavy atom. The Hall–Kier alpha value is -2.01. The number of benzene rings is 2. The predicted octanol–water partition coefficient (Wildman–Crippen LogP) is 4.19. The van der Waals surface area contributed by atoms with Crippen LogP contribution in [-0.2, 0) is 6.18 Å². The van der Waals surface area contributed by atoms with Crippen LogP contribution in [0, 0.1) is 0 Å². The van der Waals surface area contributed by atoms with E-state index in [1.54, 1.807) is 24.3 Å². The molecule has 0 aliphatic rings. The van der Waals surface area contributed by atoms with E-state index in [-0.39, 0.29) is 5.56 Å². The number of halogens is 3. The van der Waals surface area contributed by atoms with Gasteiger partial charge in [-0.25, -0.2) is 0 Å². The van der Waals surface area contributed by atoms with Gasteiger partial charge in [0.15, 0.2) is 0 Å². The van der Waals surface area contributed by atoms with Crippen LogP contribution in [-0.4, -0.2) is 11.7 Å². The van der Waals surface area contributed by atoms with Crippen molar-refractivity contribution in [2.45, 2.75) is 19.2 Å². The maximum Gasteiger partial charge on any atom is 0.416 e. The van der Waals surface area contributed by atoms with E-state index in [1.807, 2.05) is 6.92 Å². The monoisotopic (exact) mass is 296 g/mol. The number of rotatable bonds is 4. The van der Waals surface area contributed by atoms with Crippen molar-refractivity contribution in [1.82, 2.24) is 0 Å². The Kier molecular flexibility index (Phi) is 4.53. The van der Waals surface area contributed by atoms with Crippen molar-refractivity contribution >= 4 is 0 Å². The zero-order chi connectivity index (χ0) is 15.5. The number of hydrogen-bond acceptors (Lipinski definition) is 2. The molecule has 2 aromatic rings. The van der Waals surface area contributed by atoms with E-state index in [0.29, 0.717) is 17.9 Å². The first kappa shape index (κ1) is 15.4. The van der Waals surface area contributed by atoms with Crippen molar-refractivity contribution < 1.29 is 23.0 Å². The second kappa shape index (κ2) is 6.18. The van der Waals surface area contributed by atoms with Gasteiger partial charge in [-0.15, -0.1) is 0 Å². The molecule has 2 nitrogen and oxygen atoms in total. The number of alkyl halides is 3. The summed E-state index contributed by atoms with van der Waals surface area (Å²) in [5, 5.41) is 10.2. The molecule has 0 heterocycles. The van der Waals surface area contributed by atoms with Crippen molar-refractivity contribution in [1.29, 1.82) is 0 Å². The van der Waals surface area contributed by atoms with E-state index in [1.165, 1.54) is 18.2 Å². The Balaban J connectivity index is 2.34. The van der Waals surface area contributed by atoms with Crippen LogP contribution < -0.4 is 4.74 Å². The van der Waals surface area contributed by atoms with Gasteiger partial charge in [0.2, 0.25) is 0 Å². The summed E-state index contributed by atoms with van der Waals surface area (Å²) in [5.74, 6) is 0.609. The van der Waals surface area contributed by atoms with E-state index in [0.717, 1.165) is 6.07 Å². The molecular weight excluding hydrogens is 281 g/mol. The van der Waals surface area contributed by atoms with E-state index in [2.05, 4.69) is 0 Å². The standard InChI is InChI=1S/C16H15F3O2/c1-2-21-12-9-7-11(8-10-12)15(20)13-5-3-4-6-14(13)16(17,18)19/h3-10,15,20H,2H2,1H3. The highest BCUT2D eigenvalue weighted by atomic mass is 19.4. The quantitative estimate of drug-likeness (QED) is 0.917. The molecule has 0 bridgehead atoms. The van der Waals surface area contributed by atoms with Gasteiger partial charge in [0.1, 0.15) is 11.9 Å². The van der Waals surface area contributed by atoms with E-state index in [9.17, 15) is 18.3 Å². The molecule has 1 N–H and O–H groups in total. The molecule has 112 valence electrons. The Bertz CT molecular complexity index is 591. The highest BCUT2D eigenvalue weighted by Crippen LogP contribution is 2.36. The zero-order valence-electron chi connectivity index (χ0n) is 11.4. The molecule has 0 aliphatic heterocycles. The highest BCUT2D eigenvalue weighted by Gasteiger charge is 2.34. The molecule has 5 heteroatoms. The molecule has 0 radical (unpaired) electrons. The first-order chi connectivity index (χ1) is 9.93. The first-order valence-corrected chi connectivity index (χ1v) is 6.50. The molecule has 0 spiro atoms. The normalized spacial score (nSPS) is 13.0. The lowest BCUT2D eigenvalue weighted by Gasteiger charge is -2.18. The molecule has 0 fully saturated rings. The number of aliphatic hydroxyl groups is 1. The fraction of sp³-hybridized carbons (Fsp3) is 0.250. The fourth-order valence-electron chi connectivity index (χ4n) is 2.09. The van der Waals surface area contributed by atoms with Gasteiger partial charge in [0, 0.05) is 0 Å². The van der Waals surface area contributed by atoms with Gasteiger partial charge < -0.3 is 9.84 Å². The molecule has 0 saturated heterocycles. The maximum atomic E-state index is 13.0. The summed E-state index contributed by atoms with van der Waals surface area (Å²) >= 11 is 0. The third-order valence-electron chi connectivity index (χ3n) is 3.07. The van der Waals surface area contributed by atoms with E-state index < -0.39 is 17.8 Å². The number of aliphatic hydroxyl groups excluding tert-OH is 1. The lowest BCUT2D eigenvalue weighted by atomic mass is 9.96. The summed E-state index contributed by atoms with van der Waals surface area (Å²) in [7, 11) is 0. The Morgan fingerprint density at radius 3 is 2.24 bits per heavy atom. The summed E-state index contributed by atoms with van der Waals surface area (Å²) in [5.41, 5.74) is -0.601. The molecule has 1 unspecified atom stereocenters. The lowest BCUT2D eigenvalue weighted by Crippen LogP contribution is -2.12. The van der Waals surface area contributed by atoms with Crippen molar-refractivity contribution in [2.24, 2.45) is 0 Å². The summed E-state index contributed by atoms with van der Waals surface area (Å²) < 4.78 is 44.1. The van der Waals surface area contributed by atoms with Crippen LogP contribution in [0.2, 0.25) is 0 Å². The smallest absolute Gasteiger partial charge is 0.416 e. The van der Waals surface area contributed by atoms with Crippen LogP contribution in [0.5, 0.6) is 5.75 Å². The van der Waals surface area contributed by atoms with Crippen molar-refractivity contribution in [3.8, 4) is 5.75 Å². The Labute approximate surface area is 120 Å². The van der Waals surface area contributed by atoms with Crippen LogP contribution in [0.25, 0.3) is 0 Å². The largest absolute Gasteiger partial charge is 0.494 e. The third kappa shape index (κ3) is 3.55. The van der Waals surface area contributed by atoms with Gasteiger partial charge in [0.05, 0.1) is 12.2 Å². The first-order valence-electron chi connectivity index (χ1n) is 6.50. The van der Waals surface area contributed by atoms with Crippen molar-refractivity contribution in [3.05, 3.63) is 65.2 Å². The van der Waals surface area contributed by atoms with Gasteiger partial charge in [-0.05, 0) is 36.2 Å². The Morgan fingerprint density at radius 1 is 1.05 bits per heavy atom. The van der Waals surface area contributed by atoms with Gasteiger partial charge in [-0.3, -0.25) is 0 Å². The average Bonchev–Trinajstić information content (AvgIpc) is 2.47. The minimum Gasteiger partial charge on any atom is -0.494 e. The minimum absolute atomic E-state index is 0.158. The van der Waals surface area contributed by atoms with Gasteiger partial charge in [-0.2, -0.15) is 13.2 Å². The third-order valence-corrected chi connectivity index (χ3v) is 3.07. The highest BCUT2D eigenvalue weighted by molar-refractivity contribution is 5.39. The molecule has 1 atom stereocenters. The van der Waals surface area contributed by atoms with Crippen molar-refractivity contribution in [3.63, 3.8) is 0 Å². The van der Waals surface area contributed by atoms with Crippen LogP contribution >= 0.6 is 0 Å². The molecule has 0 aliphatic carbocycles. The molecule has 2 aromatic carbocycles. The van der Waals surface area contributed by atoms with Crippen LogP contribution in [0.15, 0.2) is 48.5 Å². The van der Waals surface area contributed by atoms with Crippen LogP contribution in [0.4, 0.5) is 13.2 Å².